The van der Waals surface area contributed by atoms with Gasteiger partial charge >= 0.3 is 12.1 Å². The maximum absolute atomic E-state index is 13.0. The number of carboxylic acids is 1. The van der Waals surface area contributed by atoms with Gasteiger partial charge in [0.2, 0.25) is 11.8 Å². The van der Waals surface area contributed by atoms with Gasteiger partial charge in [0.15, 0.2) is 0 Å². The first kappa shape index (κ1) is 50.3. The number of hydrogen-bond acceptors (Lipinski definition) is 12. The molecule has 0 fully saturated rings. The summed E-state index contributed by atoms with van der Waals surface area (Å²) in [6, 6.07) is 21.8. The number of carbonyl (C=O) groups excluding carboxylic acids is 3. The molecule has 0 saturated carbocycles. The van der Waals surface area contributed by atoms with E-state index in [0.717, 1.165) is 27.5 Å². The summed E-state index contributed by atoms with van der Waals surface area (Å²) in [5.41, 5.74) is 10.8. The number of carboxylic acid groups (broad SMARTS) is 1. The molecule has 0 saturated heterocycles. The molecule has 0 bridgehead atoms. The SMILES string of the molecule is Cc1ccnc(N(CCCC(=O)NCC(=O)N[C@@H](CC(=O)O)c2ccc(-c3ccc(OCCOCCOCCOCCOCCN=[N+]=[N-])c4ccccc34)cc2)C(=O)OC(C)(C)C)c1. The number of rotatable bonds is 28. The van der Waals surface area contributed by atoms with E-state index in [1.54, 1.807) is 45.2 Å². The summed E-state index contributed by atoms with van der Waals surface area (Å²) in [4.78, 5) is 58.9. The molecule has 3 amide bonds. The maximum atomic E-state index is 13.0. The number of carbonyl (C=O) groups is 4. The third kappa shape index (κ3) is 18.2. The van der Waals surface area contributed by atoms with E-state index in [2.05, 4.69) is 25.6 Å². The van der Waals surface area contributed by atoms with Crippen LogP contribution in [0.2, 0.25) is 0 Å². The van der Waals surface area contributed by atoms with Crippen molar-refractivity contribution in [2.45, 2.75) is 58.6 Å². The Hall–Kier alpha value is -6.30. The smallest absolute Gasteiger partial charge is 0.416 e. The zero-order valence-electron chi connectivity index (χ0n) is 37.0. The zero-order valence-corrected chi connectivity index (χ0v) is 37.0. The minimum atomic E-state index is -1.10. The number of azide groups is 1. The quantitative estimate of drug-likeness (QED) is 0.0228. The van der Waals surface area contributed by atoms with Gasteiger partial charge in [-0.15, -0.1) is 0 Å². The van der Waals surface area contributed by atoms with Crippen molar-refractivity contribution >= 4 is 40.5 Å². The summed E-state index contributed by atoms with van der Waals surface area (Å²) >= 11 is 0. The first-order valence-electron chi connectivity index (χ1n) is 21.1. The number of hydrogen-bond donors (Lipinski definition) is 3. The Morgan fingerprint density at radius 1 is 0.828 bits per heavy atom. The largest absolute Gasteiger partial charge is 0.491 e. The molecule has 1 atom stereocenters. The van der Waals surface area contributed by atoms with Gasteiger partial charge in [-0.3, -0.25) is 19.3 Å². The first-order chi connectivity index (χ1) is 30.8. The van der Waals surface area contributed by atoms with Gasteiger partial charge in [0.05, 0.1) is 71.9 Å². The van der Waals surface area contributed by atoms with E-state index < -0.39 is 35.5 Å². The van der Waals surface area contributed by atoms with E-state index in [1.165, 1.54) is 4.90 Å². The lowest BCUT2D eigenvalue weighted by molar-refractivity contribution is -0.138. The molecule has 344 valence electrons. The van der Waals surface area contributed by atoms with Crippen LogP contribution in [0.3, 0.4) is 0 Å². The second-order valence-electron chi connectivity index (χ2n) is 15.5. The molecule has 0 aliphatic heterocycles. The van der Waals surface area contributed by atoms with Gasteiger partial charge in [-0.25, -0.2) is 9.78 Å². The second-order valence-corrected chi connectivity index (χ2v) is 15.5. The fraction of sp³-hybridized carbons (Fsp3) is 0.457. The summed E-state index contributed by atoms with van der Waals surface area (Å²) in [7, 11) is 0. The standard InChI is InChI=1S/C46H59N7O11/c1-33-17-18-48-41(30-33)53(45(58)64-46(2,3)4)20-7-10-42(54)49-32-43(55)51-39(31-44(56)57)35-13-11-34(12-14-35)36-15-16-40(38-9-6-5-8-37(36)38)63-29-28-62-27-26-61-25-24-60-23-22-59-21-19-50-52-47/h5-6,8-9,11-18,30,39H,7,10,19-29,31-32H2,1-4H3,(H,49,54)(H,51,55)(H,56,57)/t39-/m0/s1. The highest BCUT2D eigenvalue weighted by molar-refractivity contribution is 6.00. The average molecular weight is 886 g/mol. The van der Waals surface area contributed by atoms with Crippen molar-refractivity contribution in [1.29, 1.82) is 0 Å². The van der Waals surface area contributed by atoms with Crippen LogP contribution in [0.25, 0.3) is 32.3 Å². The van der Waals surface area contributed by atoms with E-state index in [1.807, 2.05) is 61.5 Å². The normalized spacial score (nSPS) is 11.6. The number of benzene rings is 3. The number of anilines is 1. The number of ether oxygens (including phenoxy) is 6. The van der Waals surface area contributed by atoms with Gasteiger partial charge < -0.3 is 44.2 Å². The summed E-state index contributed by atoms with van der Waals surface area (Å²) in [6.07, 6.45) is 0.932. The summed E-state index contributed by atoms with van der Waals surface area (Å²) in [5, 5.41) is 20.3. The van der Waals surface area contributed by atoms with Crippen LogP contribution in [-0.4, -0.2) is 119 Å². The molecule has 0 aliphatic rings. The third-order valence-corrected chi connectivity index (χ3v) is 9.25. The number of aliphatic carboxylic acids is 1. The number of nitrogens with zero attached hydrogens (tertiary/aromatic N) is 5. The Bertz CT molecular complexity index is 2160. The summed E-state index contributed by atoms with van der Waals surface area (Å²) < 4.78 is 33.5. The Balaban J connectivity index is 1.23. The molecule has 64 heavy (non-hydrogen) atoms. The molecule has 18 nitrogen and oxygen atoms in total. The van der Waals surface area contributed by atoms with Crippen molar-refractivity contribution in [2.24, 2.45) is 5.11 Å². The van der Waals surface area contributed by atoms with Crippen LogP contribution in [0, 0.1) is 6.92 Å². The van der Waals surface area contributed by atoms with Crippen LogP contribution in [-0.2, 0) is 38.1 Å². The highest BCUT2D eigenvalue weighted by Crippen LogP contribution is 2.35. The van der Waals surface area contributed by atoms with E-state index >= 15 is 0 Å². The van der Waals surface area contributed by atoms with E-state index in [-0.39, 0.29) is 32.4 Å². The van der Waals surface area contributed by atoms with Crippen LogP contribution >= 0.6 is 0 Å². The molecule has 1 aromatic heterocycles. The van der Waals surface area contributed by atoms with Crippen LogP contribution in [0.15, 0.2) is 84.1 Å². The topological polar surface area (TPSA) is 233 Å². The number of aromatic nitrogens is 1. The molecule has 0 unspecified atom stereocenters. The van der Waals surface area contributed by atoms with E-state index in [9.17, 15) is 24.3 Å². The van der Waals surface area contributed by atoms with Gasteiger partial charge in [0, 0.05) is 36.0 Å². The fourth-order valence-electron chi connectivity index (χ4n) is 6.29. The molecule has 4 rings (SSSR count). The maximum Gasteiger partial charge on any atom is 0.416 e. The van der Waals surface area contributed by atoms with Crippen molar-refractivity contribution in [2.75, 3.05) is 84.0 Å². The highest BCUT2D eigenvalue weighted by atomic mass is 16.6. The van der Waals surface area contributed by atoms with Gasteiger partial charge in [-0.2, -0.15) is 0 Å². The fourth-order valence-corrected chi connectivity index (χ4v) is 6.29. The summed E-state index contributed by atoms with van der Waals surface area (Å²) in [6.45, 7) is 10.9. The van der Waals surface area contributed by atoms with Crippen molar-refractivity contribution in [1.82, 2.24) is 15.6 Å². The predicted molar refractivity (Wildman–Crippen MR) is 240 cm³/mol. The molecular formula is C46H59N7O11. The number of nitrogens with one attached hydrogen (secondary N) is 2. The van der Waals surface area contributed by atoms with Gasteiger partial charge in [0.1, 0.15) is 23.8 Å². The third-order valence-electron chi connectivity index (χ3n) is 9.25. The molecule has 0 spiro atoms. The number of amides is 3. The lowest BCUT2D eigenvalue weighted by Gasteiger charge is -2.27. The second kappa shape index (κ2) is 27.0. The Morgan fingerprint density at radius 3 is 2.09 bits per heavy atom. The molecule has 18 heteroatoms. The van der Waals surface area contributed by atoms with Gasteiger partial charge in [0.25, 0.3) is 0 Å². The van der Waals surface area contributed by atoms with Crippen LogP contribution < -0.4 is 20.3 Å². The molecule has 0 radical (unpaired) electrons. The number of pyridine rings is 1. The number of aryl methyl sites for hydroxylation is 1. The lowest BCUT2D eigenvalue weighted by atomic mass is 9.95. The van der Waals surface area contributed by atoms with E-state index in [4.69, 9.17) is 34.0 Å². The Labute approximate surface area is 373 Å². The lowest BCUT2D eigenvalue weighted by Crippen LogP contribution is -2.40. The minimum absolute atomic E-state index is 0.0193. The van der Waals surface area contributed by atoms with Gasteiger partial charge in [-0.05, 0) is 85.5 Å². The molecule has 3 aromatic carbocycles. The van der Waals surface area contributed by atoms with Crippen molar-refractivity contribution in [3.05, 3.63) is 101 Å². The molecule has 0 aliphatic carbocycles. The molecule has 4 aromatic rings. The monoisotopic (exact) mass is 885 g/mol. The van der Waals surface area contributed by atoms with Crippen LogP contribution in [0.4, 0.5) is 10.6 Å². The minimum Gasteiger partial charge on any atom is -0.491 e. The zero-order chi connectivity index (χ0) is 46.2. The van der Waals surface area contributed by atoms with E-state index in [0.29, 0.717) is 83.1 Å². The highest BCUT2D eigenvalue weighted by Gasteiger charge is 2.25. The Morgan fingerprint density at radius 2 is 1.47 bits per heavy atom. The van der Waals surface area contributed by atoms with Crippen molar-refractivity contribution in [3.8, 4) is 16.9 Å². The predicted octanol–water partition coefficient (Wildman–Crippen LogP) is 6.94. The molecular weight excluding hydrogens is 827 g/mol. The summed E-state index contributed by atoms with van der Waals surface area (Å²) in [5.74, 6) is -0.954. The van der Waals surface area contributed by atoms with Crippen LogP contribution in [0.1, 0.15) is 57.2 Å². The van der Waals surface area contributed by atoms with Crippen molar-refractivity contribution in [3.63, 3.8) is 0 Å². The Kier molecular flexibility index (Phi) is 21.2. The molecule has 1 heterocycles. The average Bonchev–Trinajstić information content (AvgIpc) is 3.26. The van der Waals surface area contributed by atoms with Crippen molar-refractivity contribution < 1.29 is 52.7 Å². The van der Waals surface area contributed by atoms with Crippen LogP contribution in [0.5, 0.6) is 5.75 Å². The molecule has 3 N–H and O–H groups in total. The first-order valence-corrected chi connectivity index (χ1v) is 21.1. The number of fused-ring (bicyclic) bond motifs is 1. The van der Waals surface area contributed by atoms with Gasteiger partial charge in [-0.1, -0.05) is 59.7 Å².